The number of hydrogen-bond donors (Lipinski definition) is 1. The zero-order valence-electron chi connectivity index (χ0n) is 12.8. The van der Waals surface area contributed by atoms with Crippen molar-refractivity contribution >= 4 is 0 Å². The molecular formula is C19H22N2. The Kier molecular flexibility index (Phi) is 5.54. The minimum absolute atomic E-state index is 0.455. The highest BCUT2D eigenvalue weighted by Gasteiger charge is 2.03. The van der Waals surface area contributed by atoms with E-state index < -0.39 is 0 Å². The number of rotatable bonds is 6. The summed E-state index contributed by atoms with van der Waals surface area (Å²) in [6, 6.07) is 19.1. The highest BCUT2D eigenvalue weighted by molar-refractivity contribution is 5.32. The molecule has 1 N–H and O–H groups in total. The van der Waals surface area contributed by atoms with E-state index in [1.54, 1.807) is 0 Å². The molecule has 1 unspecified atom stereocenters. The van der Waals surface area contributed by atoms with Gasteiger partial charge in [-0.05, 0) is 49.9 Å². The molecule has 0 fully saturated rings. The predicted octanol–water partition coefficient (Wildman–Crippen LogP) is 3.98. The largest absolute Gasteiger partial charge is 0.310 e. The van der Waals surface area contributed by atoms with Crippen molar-refractivity contribution in [3.05, 3.63) is 70.8 Å². The molecule has 2 nitrogen and oxygen atoms in total. The van der Waals surface area contributed by atoms with Gasteiger partial charge < -0.3 is 5.32 Å². The minimum atomic E-state index is 0.455. The van der Waals surface area contributed by atoms with Crippen molar-refractivity contribution in [2.75, 3.05) is 0 Å². The second kappa shape index (κ2) is 7.61. The van der Waals surface area contributed by atoms with E-state index in [1.807, 2.05) is 18.2 Å². The van der Waals surface area contributed by atoms with Gasteiger partial charge in [0.25, 0.3) is 0 Å². The van der Waals surface area contributed by atoms with Crippen molar-refractivity contribution in [2.24, 2.45) is 0 Å². The Bertz CT molecular complexity index is 625. The first-order valence-corrected chi connectivity index (χ1v) is 7.45. The Morgan fingerprint density at radius 3 is 2.62 bits per heavy atom. The number of hydrogen-bond acceptors (Lipinski definition) is 2. The highest BCUT2D eigenvalue weighted by Crippen LogP contribution is 2.09. The second-order valence-electron chi connectivity index (χ2n) is 5.62. The van der Waals surface area contributed by atoms with Crippen molar-refractivity contribution in [1.82, 2.24) is 5.32 Å². The third-order valence-corrected chi connectivity index (χ3v) is 3.66. The van der Waals surface area contributed by atoms with Crippen LogP contribution in [-0.2, 0) is 13.0 Å². The van der Waals surface area contributed by atoms with Crippen molar-refractivity contribution in [2.45, 2.75) is 39.3 Å². The summed E-state index contributed by atoms with van der Waals surface area (Å²) in [6.07, 6.45) is 2.20. The number of benzene rings is 2. The van der Waals surface area contributed by atoms with E-state index in [0.717, 1.165) is 30.5 Å². The van der Waals surface area contributed by atoms with E-state index in [2.05, 4.69) is 55.6 Å². The molecule has 0 amide bonds. The molecule has 0 saturated carbocycles. The van der Waals surface area contributed by atoms with Gasteiger partial charge in [0.05, 0.1) is 11.6 Å². The fourth-order valence-electron chi connectivity index (χ4n) is 2.40. The van der Waals surface area contributed by atoms with Crippen LogP contribution in [0.1, 0.15) is 35.6 Å². The summed E-state index contributed by atoms with van der Waals surface area (Å²) in [4.78, 5) is 0. The van der Waals surface area contributed by atoms with Gasteiger partial charge in [-0.1, -0.05) is 42.0 Å². The number of nitrogens with one attached hydrogen (secondary N) is 1. The van der Waals surface area contributed by atoms with E-state index in [0.29, 0.717) is 6.04 Å². The molecule has 0 aliphatic rings. The topological polar surface area (TPSA) is 35.8 Å². The maximum absolute atomic E-state index is 8.90. The van der Waals surface area contributed by atoms with Crippen LogP contribution < -0.4 is 5.32 Å². The van der Waals surface area contributed by atoms with Crippen LogP contribution in [0.3, 0.4) is 0 Å². The lowest BCUT2D eigenvalue weighted by atomic mass is 10.0. The summed E-state index contributed by atoms with van der Waals surface area (Å²) in [5.41, 5.74) is 4.61. The van der Waals surface area contributed by atoms with Gasteiger partial charge in [-0.3, -0.25) is 0 Å². The summed E-state index contributed by atoms with van der Waals surface area (Å²) in [6.45, 7) is 5.15. The lowest BCUT2D eigenvalue weighted by Crippen LogP contribution is -2.26. The zero-order chi connectivity index (χ0) is 15.1. The maximum atomic E-state index is 8.90. The van der Waals surface area contributed by atoms with Crippen LogP contribution in [-0.4, -0.2) is 6.04 Å². The fourth-order valence-corrected chi connectivity index (χ4v) is 2.40. The molecule has 0 heterocycles. The van der Waals surface area contributed by atoms with Crippen molar-refractivity contribution in [3.63, 3.8) is 0 Å². The van der Waals surface area contributed by atoms with E-state index in [4.69, 9.17) is 5.26 Å². The molecule has 21 heavy (non-hydrogen) atoms. The van der Waals surface area contributed by atoms with Crippen LogP contribution in [0.15, 0.2) is 48.5 Å². The van der Waals surface area contributed by atoms with Crippen LogP contribution >= 0.6 is 0 Å². The van der Waals surface area contributed by atoms with Crippen LogP contribution in [0, 0.1) is 18.3 Å². The molecule has 0 aliphatic carbocycles. The smallest absolute Gasteiger partial charge is 0.0991 e. The predicted molar refractivity (Wildman–Crippen MR) is 87.0 cm³/mol. The molecule has 0 radical (unpaired) electrons. The quantitative estimate of drug-likeness (QED) is 0.867. The van der Waals surface area contributed by atoms with Gasteiger partial charge in [0.1, 0.15) is 0 Å². The third kappa shape index (κ3) is 5.06. The van der Waals surface area contributed by atoms with Crippen LogP contribution in [0.4, 0.5) is 0 Å². The van der Waals surface area contributed by atoms with E-state index in [1.165, 1.54) is 11.1 Å². The average Bonchev–Trinajstić information content (AvgIpc) is 2.51. The van der Waals surface area contributed by atoms with Gasteiger partial charge >= 0.3 is 0 Å². The number of nitriles is 1. The van der Waals surface area contributed by atoms with E-state index >= 15 is 0 Å². The molecule has 2 aromatic carbocycles. The van der Waals surface area contributed by atoms with Gasteiger partial charge in [0.15, 0.2) is 0 Å². The Morgan fingerprint density at radius 2 is 1.86 bits per heavy atom. The Morgan fingerprint density at radius 1 is 1.10 bits per heavy atom. The van der Waals surface area contributed by atoms with Crippen LogP contribution in [0.5, 0.6) is 0 Å². The first-order valence-electron chi connectivity index (χ1n) is 7.45. The number of aryl methyl sites for hydroxylation is 2. The summed E-state index contributed by atoms with van der Waals surface area (Å²) < 4.78 is 0. The Hall–Kier alpha value is -2.11. The zero-order valence-corrected chi connectivity index (χ0v) is 12.8. The monoisotopic (exact) mass is 278 g/mol. The van der Waals surface area contributed by atoms with Gasteiger partial charge in [0, 0.05) is 12.6 Å². The minimum Gasteiger partial charge on any atom is -0.310 e. The van der Waals surface area contributed by atoms with Gasteiger partial charge in [-0.25, -0.2) is 0 Å². The van der Waals surface area contributed by atoms with E-state index in [-0.39, 0.29) is 0 Å². The molecule has 2 rings (SSSR count). The highest BCUT2D eigenvalue weighted by atomic mass is 14.9. The Balaban J connectivity index is 1.79. The summed E-state index contributed by atoms with van der Waals surface area (Å²) in [5, 5.41) is 12.4. The van der Waals surface area contributed by atoms with Crippen LogP contribution in [0.25, 0.3) is 0 Å². The molecule has 2 aromatic rings. The first-order chi connectivity index (χ1) is 10.2. The van der Waals surface area contributed by atoms with Gasteiger partial charge in [-0.15, -0.1) is 0 Å². The fraction of sp³-hybridized carbons (Fsp3) is 0.316. The SMILES string of the molecule is Cc1cccc(CCC(C)NCc2cccc(C#N)c2)c1. The first kappa shape index (κ1) is 15.3. The summed E-state index contributed by atoms with van der Waals surface area (Å²) in [5.74, 6) is 0. The average molecular weight is 278 g/mol. The molecule has 0 saturated heterocycles. The third-order valence-electron chi connectivity index (χ3n) is 3.66. The number of nitrogens with zero attached hydrogens (tertiary/aromatic N) is 1. The molecular weight excluding hydrogens is 256 g/mol. The van der Waals surface area contributed by atoms with Crippen molar-refractivity contribution in [1.29, 1.82) is 5.26 Å². The lowest BCUT2D eigenvalue weighted by molar-refractivity contribution is 0.514. The molecule has 0 spiro atoms. The van der Waals surface area contributed by atoms with Gasteiger partial charge in [0.2, 0.25) is 0 Å². The normalized spacial score (nSPS) is 11.9. The summed E-state index contributed by atoms with van der Waals surface area (Å²) in [7, 11) is 0. The standard InChI is InChI=1S/C19H22N2/c1-15-5-3-6-17(11-15)10-9-16(2)21-14-19-8-4-7-18(12-19)13-20/h3-8,11-12,16,21H,9-10,14H2,1-2H3. The molecule has 2 heteroatoms. The van der Waals surface area contributed by atoms with Crippen molar-refractivity contribution in [3.8, 4) is 6.07 Å². The summed E-state index contributed by atoms with van der Waals surface area (Å²) >= 11 is 0. The van der Waals surface area contributed by atoms with Crippen molar-refractivity contribution < 1.29 is 0 Å². The second-order valence-corrected chi connectivity index (χ2v) is 5.62. The van der Waals surface area contributed by atoms with Crippen LogP contribution in [0.2, 0.25) is 0 Å². The molecule has 0 aromatic heterocycles. The van der Waals surface area contributed by atoms with E-state index in [9.17, 15) is 0 Å². The maximum Gasteiger partial charge on any atom is 0.0991 e. The van der Waals surface area contributed by atoms with Gasteiger partial charge in [-0.2, -0.15) is 5.26 Å². The molecule has 0 bridgehead atoms. The molecule has 1 atom stereocenters. The molecule has 108 valence electrons. The molecule has 0 aliphatic heterocycles. The lowest BCUT2D eigenvalue weighted by Gasteiger charge is -2.14. The Labute approximate surface area is 127 Å².